The van der Waals surface area contributed by atoms with Crippen LogP contribution in [0.5, 0.6) is 0 Å². The molecule has 0 fully saturated rings. The molecule has 1 aromatic rings. The molecule has 0 saturated carbocycles. The first kappa shape index (κ1) is 13.4. The molecule has 0 radical (unpaired) electrons. The topological polar surface area (TPSA) is 88.0 Å². The van der Waals surface area contributed by atoms with Crippen molar-refractivity contribution >= 4 is 35.0 Å². The van der Waals surface area contributed by atoms with Gasteiger partial charge in [0.15, 0.2) is 5.71 Å². The minimum absolute atomic E-state index is 0.0244. The number of nitrogens with one attached hydrogen (secondary N) is 1. The summed E-state index contributed by atoms with van der Waals surface area (Å²) in [4.78, 5) is 28.4. The maximum atomic E-state index is 11.9. The van der Waals surface area contributed by atoms with E-state index in [1.807, 2.05) is 24.5 Å². The lowest BCUT2D eigenvalue weighted by atomic mass is 10.1. The third-order valence-electron chi connectivity index (χ3n) is 2.55. The molecule has 1 atom stereocenters. The number of carboxylic acid groups (broad SMARTS) is 1. The van der Waals surface area contributed by atoms with E-state index in [1.165, 1.54) is 0 Å². The smallest absolute Gasteiger partial charge is 0.353 e. The molecule has 1 heterocycles. The van der Waals surface area contributed by atoms with Gasteiger partial charge in [-0.1, -0.05) is 11.2 Å². The fraction of sp³-hybridized carbons (Fsp3) is 0.250. The van der Waals surface area contributed by atoms with E-state index in [0.29, 0.717) is 5.69 Å². The number of aliphatic carboxylic acids is 1. The molecule has 2 N–H and O–H groups in total. The second-order valence-electron chi connectivity index (χ2n) is 3.86. The molecule has 1 aliphatic heterocycles. The lowest BCUT2D eigenvalue weighted by Gasteiger charge is -2.09. The van der Waals surface area contributed by atoms with Crippen molar-refractivity contribution in [2.45, 2.75) is 17.4 Å². The lowest BCUT2D eigenvalue weighted by molar-refractivity contribution is -0.129. The van der Waals surface area contributed by atoms with Gasteiger partial charge >= 0.3 is 5.97 Å². The van der Waals surface area contributed by atoms with E-state index in [0.717, 1.165) is 4.90 Å². The summed E-state index contributed by atoms with van der Waals surface area (Å²) in [6, 6.07) is 7.34. The molecule has 0 aromatic heterocycles. The number of carbonyl (C=O) groups excluding carboxylic acids is 1. The fourth-order valence-corrected chi connectivity index (χ4v) is 2.03. The molecule has 7 heteroatoms. The third kappa shape index (κ3) is 3.25. The first-order valence-electron chi connectivity index (χ1n) is 5.51. The Morgan fingerprint density at radius 2 is 2.32 bits per heavy atom. The first-order chi connectivity index (χ1) is 9.10. The molecule has 1 unspecified atom stereocenters. The molecular formula is C12H12N2O4S. The minimum atomic E-state index is -1.17. The van der Waals surface area contributed by atoms with Gasteiger partial charge in [-0.15, -0.1) is 11.8 Å². The summed E-state index contributed by atoms with van der Waals surface area (Å²) in [5, 5.41) is 14.8. The number of carboxylic acids is 1. The van der Waals surface area contributed by atoms with Crippen molar-refractivity contribution in [2.24, 2.45) is 5.16 Å². The average molecular weight is 280 g/mol. The van der Waals surface area contributed by atoms with Crippen LogP contribution in [0.4, 0.5) is 5.69 Å². The zero-order valence-corrected chi connectivity index (χ0v) is 10.9. The zero-order chi connectivity index (χ0) is 13.8. The van der Waals surface area contributed by atoms with Gasteiger partial charge in [-0.2, -0.15) is 0 Å². The van der Waals surface area contributed by atoms with Gasteiger partial charge in [0.05, 0.1) is 0 Å². The van der Waals surface area contributed by atoms with Gasteiger partial charge in [0.25, 0.3) is 5.91 Å². The third-order valence-corrected chi connectivity index (χ3v) is 3.27. The quantitative estimate of drug-likeness (QED) is 0.817. The van der Waals surface area contributed by atoms with Crippen molar-refractivity contribution in [3.63, 3.8) is 0 Å². The van der Waals surface area contributed by atoms with E-state index in [1.54, 1.807) is 17.8 Å². The Kier molecular flexibility index (Phi) is 4.06. The molecule has 6 nitrogen and oxygen atoms in total. The van der Waals surface area contributed by atoms with Crippen LogP contribution >= 0.6 is 11.8 Å². The van der Waals surface area contributed by atoms with Gasteiger partial charge in [0.1, 0.15) is 0 Å². The van der Waals surface area contributed by atoms with Crippen molar-refractivity contribution in [3.8, 4) is 0 Å². The molecular weight excluding hydrogens is 268 g/mol. The number of rotatable bonds is 4. The Balaban J connectivity index is 1.97. The average Bonchev–Trinajstić information content (AvgIpc) is 2.89. The van der Waals surface area contributed by atoms with E-state index in [2.05, 4.69) is 10.5 Å². The Morgan fingerprint density at radius 1 is 1.53 bits per heavy atom. The van der Waals surface area contributed by atoms with Gasteiger partial charge in [-0.3, -0.25) is 4.79 Å². The van der Waals surface area contributed by atoms with Crippen molar-refractivity contribution < 1.29 is 19.5 Å². The molecule has 100 valence electrons. The Morgan fingerprint density at radius 3 is 2.95 bits per heavy atom. The maximum Gasteiger partial charge on any atom is 0.353 e. The van der Waals surface area contributed by atoms with Crippen LogP contribution in [-0.2, 0) is 14.4 Å². The van der Waals surface area contributed by atoms with Crippen molar-refractivity contribution in [3.05, 3.63) is 24.3 Å². The summed E-state index contributed by atoms with van der Waals surface area (Å²) in [6.07, 6.45) is 1.03. The van der Waals surface area contributed by atoms with Crippen LogP contribution in [0.25, 0.3) is 0 Å². The van der Waals surface area contributed by atoms with Gasteiger partial charge in [-0.25, -0.2) is 4.79 Å². The van der Waals surface area contributed by atoms with E-state index in [-0.39, 0.29) is 12.1 Å². The number of benzene rings is 1. The fourth-order valence-electron chi connectivity index (χ4n) is 1.57. The van der Waals surface area contributed by atoms with E-state index < -0.39 is 18.0 Å². The monoisotopic (exact) mass is 280 g/mol. The predicted octanol–water partition coefficient (Wildman–Crippen LogP) is 1.58. The highest BCUT2D eigenvalue weighted by Crippen LogP contribution is 2.20. The normalized spacial score (nSPS) is 17.5. The molecule has 0 aliphatic carbocycles. The number of amides is 1. The lowest BCUT2D eigenvalue weighted by Crippen LogP contribution is -2.28. The highest BCUT2D eigenvalue weighted by molar-refractivity contribution is 7.98. The summed E-state index contributed by atoms with van der Waals surface area (Å²) in [6.45, 7) is 0. The molecule has 19 heavy (non-hydrogen) atoms. The number of nitrogens with zero attached hydrogens (tertiary/aromatic N) is 1. The van der Waals surface area contributed by atoms with E-state index in [9.17, 15) is 9.59 Å². The Hall–Kier alpha value is -2.02. The van der Waals surface area contributed by atoms with Crippen molar-refractivity contribution in [1.29, 1.82) is 0 Å². The van der Waals surface area contributed by atoms with Crippen LogP contribution in [0, 0.1) is 0 Å². The Labute approximate surface area is 113 Å². The molecule has 0 saturated heterocycles. The predicted molar refractivity (Wildman–Crippen MR) is 71.4 cm³/mol. The first-order valence-corrected chi connectivity index (χ1v) is 6.73. The van der Waals surface area contributed by atoms with Crippen LogP contribution in [-0.4, -0.2) is 35.1 Å². The maximum absolute atomic E-state index is 11.9. The van der Waals surface area contributed by atoms with Gasteiger partial charge < -0.3 is 15.3 Å². The molecule has 1 aliphatic rings. The molecule has 1 aromatic carbocycles. The number of anilines is 1. The summed E-state index contributed by atoms with van der Waals surface area (Å²) >= 11 is 1.56. The van der Waals surface area contributed by atoms with Crippen LogP contribution in [0.3, 0.4) is 0 Å². The van der Waals surface area contributed by atoms with Gasteiger partial charge in [0, 0.05) is 17.0 Å². The number of hydrogen-bond donors (Lipinski definition) is 2. The summed E-state index contributed by atoms with van der Waals surface area (Å²) in [5.74, 6) is -1.57. The van der Waals surface area contributed by atoms with Crippen LogP contribution in [0.15, 0.2) is 34.3 Å². The van der Waals surface area contributed by atoms with Crippen molar-refractivity contribution in [1.82, 2.24) is 0 Å². The number of carbonyl (C=O) groups is 2. The van der Waals surface area contributed by atoms with Crippen LogP contribution in [0.2, 0.25) is 0 Å². The summed E-state index contributed by atoms with van der Waals surface area (Å²) in [5.41, 5.74) is 0.502. The number of thioether (sulfide) groups is 1. The van der Waals surface area contributed by atoms with Crippen molar-refractivity contribution in [2.75, 3.05) is 11.6 Å². The number of hydrogen-bond acceptors (Lipinski definition) is 5. The largest absolute Gasteiger partial charge is 0.477 e. The SMILES string of the molecule is CSc1cccc(NC(=O)C2CC(C(=O)O)=NO2)c1. The molecule has 1 amide bonds. The minimum Gasteiger partial charge on any atom is -0.477 e. The van der Waals surface area contributed by atoms with Gasteiger partial charge in [-0.05, 0) is 24.5 Å². The highest BCUT2D eigenvalue weighted by Gasteiger charge is 2.31. The summed E-state index contributed by atoms with van der Waals surface area (Å²) in [7, 11) is 0. The van der Waals surface area contributed by atoms with Gasteiger partial charge in [0.2, 0.25) is 6.10 Å². The van der Waals surface area contributed by atoms with E-state index >= 15 is 0 Å². The number of oxime groups is 1. The Bertz CT molecular complexity index is 544. The molecule has 0 spiro atoms. The molecule has 2 rings (SSSR count). The second-order valence-corrected chi connectivity index (χ2v) is 4.74. The van der Waals surface area contributed by atoms with Crippen LogP contribution in [0.1, 0.15) is 6.42 Å². The standard InChI is InChI=1S/C12H12N2O4S/c1-19-8-4-2-3-7(5-8)13-11(15)10-6-9(12(16)17)14-18-10/h2-5,10H,6H2,1H3,(H,13,15)(H,16,17). The summed E-state index contributed by atoms with van der Waals surface area (Å²) < 4.78 is 0. The molecule has 0 bridgehead atoms. The highest BCUT2D eigenvalue weighted by atomic mass is 32.2. The van der Waals surface area contributed by atoms with E-state index in [4.69, 9.17) is 9.94 Å². The van der Waals surface area contributed by atoms with Crippen LogP contribution < -0.4 is 5.32 Å². The zero-order valence-electron chi connectivity index (χ0n) is 10.1. The second kappa shape index (κ2) is 5.75.